The summed E-state index contributed by atoms with van der Waals surface area (Å²) >= 11 is 1.63. The smallest absolute Gasteiger partial charge is 0.305 e. The number of carbonyl (C=O) groups excluding carboxylic acids is 1. The van der Waals surface area contributed by atoms with E-state index >= 15 is 0 Å². The molecule has 0 aromatic heterocycles. The molecule has 19 heavy (non-hydrogen) atoms. The normalized spacial score (nSPS) is 19.2. The van der Waals surface area contributed by atoms with E-state index in [2.05, 4.69) is 0 Å². The lowest BCUT2D eigenvalue weighted by atomic mass is 10.1. The van der Waals surface area contributed by atoms with E-state index in [1.807, 2.05) is 0 Å². The molecule has 1 aliphatic heterocycles. The average molecular weight is 283 g/mol. The molecule has 0 spiro atoms. The van der Waals surface area contributed by atoms with E-state index in [0.717, 1.165) is 5.75 Å². The second-order valence-electron chi connectivity index (χ2n) is 4.34. The molecule has 0 saturated carbocycles. The molecule has 1 saturated heterocycles. The fraction of sp³-hybridized carbons (Fsp3) is 0.385. The van der Waals surface area contributed by atoms with Crippen LogP contribution in [0.3, 0.4) is 0 Å². The van der Waals surface area contributed by atoms with Crippen molar-refractivity contribution >= 4 is 23.6 Å². The van der Waals surface area contributed by atoms with E-state index in [1.54, 1.807) is 22.7 Å². The van der Waals surface area contributed by atoms with Gasteiger partial charge < -0.3 is 10.0 Å². The van der Waals surface area contributed by atoms with Gasteiger partial charge in [-0.25, -0.2) is 4.39 Å². The van der Waals surface area contributed by atoms with E-state index in [9.17, 15) is 14.0 Å². The predicted octanol–water partition coefficient (Wildman–Crippen LogP) is 1.86. The van der Waals surface area contributed by atoms with Gasteiger partial charge in [0, 0.05) is 23.6 Å². The van der Waals surface area contributed by atoms with Gasteiger partial charge in [0.05, 0.1) is 12.5 Å². The number of hydrogen-bond acceptors (Lipinski definition) is 3. The Hall–Kier alpha value is -1.56. The van der Waals surface area contributed by atoms with Gasteiger partial charge >= 0.3 is 5.97 Å². The first-order valence-electron chi connectivity index (χ1n) is 5.94. The minimum Gasteiger partial charge on any atom is -0.481 e. The molecule has 0 radical (unpaired) electrons. The van der Waals surface area contributed by atoms with Crippen LogP contribution >= 0.6 is 11.8 Å². The molecule has 0 bridgehead atoms. The molecule has 1 heterocycles. The summed E-state index contributed by atoms with van der Waals surface area (Å²) in [5.74, 6) is -0.313. The Kier molecular flexibility index (Phi) is 4.42. The highest BCUT2D eigenvalue weighted by Gasteiger charge is 2.29. The van der Waals surface area contributed by atoms with Gasteiger partial charge in [0.2, 0.25) is 0 Å². The largest absolute Gasteiger partial charge is 0.481 e. The van der Waals surface area contributed by atoms with Crippen molar-refractivity contribution < 1.29 is 19.1 Å². The molecular formula is C13H14FNO3S. The minimum atomic E-state index is -0.926. The van der Waals surface area contributed by atoms with Gasteiger partial charge in [0.1, 0.15) is 5.82 Å². The number of halogens is 1. The summed E-state index contributed by atoms with van der Waals surface area (Å²) < 4.78 is 13.1. The molecule has 1 N–H and O–H groups in total. The van der Waals surface area contributed by atoms with Crippen LogP contribution in [0.2, 0.25) is 0 Å². The van der Waals surface area contributed by atoms with Gasteiger partial charge in [-0.05, 0) is 18.2 Å². The molecular weight excluding hydrogens is 269 g/mol. The lowest BCUT2D eigenvalue weighted by Gasteiger charge is -2.34. The number of carboxylic acids is 1. The third kappa shape index (κ3) is 3.47. The SMILES string of the molecule is O=C(O)CC1CSCCN1C(=O)c1cccc(F)c1. The Labute approximate surface area is 114 Å². The summed E-state index contributed by atoms with van der Waals surface area (Å²) in [5.41, 5.74) is 0.266. The van der Waals surface area contributed by atoms with Crippen LogP contribution < -0.4 is 0 Å². The first-order valence-corrected chi connectivity index (χ1v) is 7.09. The van der Waals surface area contributed by atoms with E-state index in [-0.39, 0.29) is 23.9 Å². The van der Waals surface area contributed by atoms with Crippen LogP contribution in [0.15, 0.2) is 24.3 Å². The molecule has 1 atom stereocenters. The minimum absolute atomic E-state index is 0.0753. The molecule has 1 aromatic rings. The fourth-order valence-electron chi connectivity index (χ4n) is 2.08. The van der Waals surface area contributed by atoms with Crippen molar-refractivity contribution in [1.29, 1.82) is 0 Å². The van der Waals surface area contributed by atoms with Crippen LogP contribution in [0.5, 0.6) is 0 Å². The molecule has 1 unspecified atom stereocenters. The highest BCUT2D eigenvalue weighted by atomic mass is 32.2. The summed E-state index contributed by atoms with van der Waals surface area (Å²) in [5, 5.41) is 8.87. The number of amides is 1. The maximum atomic E-state index is 13.1. The molecule has 6 heteroatoms. The summed E-state index contributed by atoms with van der Waals surface area (Å²) in [6.07, 6.45) is -0.0753. The monoisotopic (exact) mass is 283 g/mol. The van der Waals surface area contributed by atoms with Gasteiger partial charge in [0.25, 0.3) is 5.91 Å². The van der Waals surface area contributed by atoms with Crippen molar-refractivity contribution in [1.82, 2.24) is 4.90 Å². The third-order valence-corrected chi connectivity index (χ3v) is 4.06. The number of carboxylic acid groups (broad SMARTS) is 1. The zero-order valence-electron chi connectivity index (χ0n) is 10.2. The predicted molar refractivity (Wildman–Crippen MR) is 70.8 cm³/mol. The zero-order chi connectivity index (χ0) is 13.8. The van der Waals surface area contributed by atoms with Crippen molar-refractivity contribution in [2.24, 2.45) is 0 Å². The number of nitrogens with zero attached hydrogens (tertiary/aromatic N) is 1. The summed E-state index contributed by atoms with van der Waals surface area (Å²) in [6.45, 7) is 0.498. The van der Waals surface area contributed by atoms with Crippen molar-refractivity contribution in [3.05, 3.63) is 35.6 Å². The van der Waals surface area contributed by atoms with E-state index in [4.69, 9.17) is 5.11 Å². The lowest BCUT2D eigenvalue weighted by molar-refractivity contribution is -0.138. The molecule has 0 aliphatic carbocycles. The van der Waals surface area contributed by atoms with Crippen molar-refractivity contribution in [3.63, 3.8) is 0 Å². The zero-order valence-corrected chi connectivity index (χ0v) is 11.0. The van der Waals surface area contributed by atoms with Crippen LogP contribution in [-0.2, 0) is 4.79 Å². The number of carbonyl (C=O) groups is 2. The second kappa shape index (κ2) is 6.06. The van der Waals surface area contributed by atoms with Gasteiger partial charge in [-0.15, -0.1) is 0 Å². The summed E-state index contributed by atoms with van der Waals surface area (Å²) in [7, 11) is 0. The molecule has 1 aromatic carbocycles. The Morgan fingerprint density at radius 3 is 2.95 bits per heavy atom. The van der Waals surface area contributed by atoms with Gasteiger partial charge in [0.15, 0.2) is 0 Å². The first-order chi connectivity index (χ1) is 9.08. The van der Waals surface area contributed by atoms with Gasteiger partial charge in [-0.1, -0.05) is 6.07 Å². The Morgan fingerprint density at radius 2 is 2.26 bits per heavy atom. The molecule has 1 amide bonds. The van der Waals surface area contributed by atoms with Gasteiger partial charge in [-0.2, -0.15) is 11.8 Å². The highest BCUT2D eigenvalue weighted by molar-refractivity contribution is 7.99. The number of rotatable bonds is 3. The van der Waals surface area contributed by atoms with Crippen molar-refractivity contribution in [2.75, 3.05) is 18.1 Å². The average Bonchev–Trinajstić information content (AvgIpc) is 2.38. The van der Waals surface area contributed by atoms with Crippen LogP contribution in [-0.4, -0.2) is 46.0 Å². The van der Waals surface area contributed by atoms with Crippen LogP contribution in [0.1, 0.15) is 16.8 Å². The quantitative estimate of drug-likeness (QED) is 0.920. The maximum Gasteiger partial charge on any atom is 0.305 e. The van der Waals surface area contributed by atoms with Gasteiger partial charge in [-0.3, -0.25) is 9.59 Å². The third-order valence-electron chi connectivity index (χ3n) is 2.97. The van der Waals surface area contributed by atoms with Crippen molar-refractivity contribution in [2.45, 2.75) is 12.5 Å². The second-order valence-corrected chi connectivity index (χ2v) is 5.49. The summed E-state index contributed by atoms with van der Waals surface area (Å²) in [4.78, 5) is 24.7. The van der Waals surface area contributed by atoms with E-state index in [0.29, 0.717) is 12.3 Å². The lowest BCUT2D eigenvalue weighted by Crippen LogP contribution is -2.47. The molecule has 102 valence electrons. The first kappa shape index (κ1) is 13.9. The number of benzene rings is 1. The van der Waals surface area contributed by atoms with E-state index in [1.165, 1.54) is 18.2 Å². The molecule has 4 nitrogen and oxygen atoms in total. The number of aliphatic carboxylic acids is 1. The highest BCUT2D eigenvalue weighted by Crippen LogP contribution is 2.21. The number of hydrogen-bond donors (Lipinski definition) is 1. The van der Waals surface area contributed by atoms with Crippen molar-refractivity contribution in [3.8, 4) is 0 Å². The standard InChI is InChI=1S/C13H14FNO3S/c14-10-3-1-2-9(6-10)13(18)15-4-5-19-8-11(15)7-12(16)17/h1-3,6,11H,4-5,7-8H2,(H,16,17). The summed E-state index contributed by atoms with van der Waals surface area (Å²) in [6, 6.07) is 5.16. The topological polar surface area (TPSA) is 57.6 Å². The Morgan fingerprint density at radius 1 is 1.47 bits per heavy atom. The fourth-order valence-corrected chi connectivity index (χ4v) is 3.14. The van der Waals surface area contributed by atoms with E-state index < -0.39 is 11.8 Å². The maximum absolute atomic E-state index is 13.1. The van der Waals surface area contributed by atoms with Crippen LogP contribution in [0, 0.1) is 5.82 Å². The Balaban J connectivity index is 2.17. The van der Waals surface area contributed by atoms with Crippen LogP contribution in [0.4, 0.5) is 4.39 Å². The molecule has 2 rings (SSSR count). The number of thioether (sulfide) groups is 1. The molecule has 1 fully saturated rings. The molecule has 1 aliphatic rings. The van der Waals surface area contributed by atoms with Crippen LogP contribution in [0.25, 0.3) is 0 Å². The Bertz CT molecular complexity index is 495.